The van der Waals surface area contributed by atoms with Gasteiger partial charge in [0.25, 0.3) is 0 Å². The monoisotopic (exact) mass is 433 g/mol. The van der Waals surface area contributed by atoms with Crippen molar-refractivity contribution in [3.05, 3.63) is 18.5 Å². The van der Waals surface area contributed by atoms with Crippen molar-refractivity contribution in [1.29, 1.82) is 0 Å². The number of alkyl halides is 3. The molecular formula is C19H26F3N3O5. The largest absolute Gasteiger partial charge is 0.490 e. The summed E-state index contributed by atoms with van der Waals surface area (Å²) < 4.78 is 49.5. The highest BCUT2D eigenvalue weighted by atomic mass is 19.4. The molecule has 4 rings (SSSR count). The van der Waals surface area contributed by atoms with Crippen LogP contribution in [0.2, 0.25) is 0 Å². The van der Waals surface area contributed by atoms with Crippen LogP contribution < -0.4 is 4.90 Å². The number of rotatable bonds is 4. The highest BCUT2D eigenvalue weighted by molar-refractivity contribution is 5.73. The minimum atomic E-state index is -5.08. The summed E-state index contributed by atoms with van der Waals surface area (Å²) in [6, 6.07) is 2.20. The number of halogens is 3. The van der Waals surface area contributed by atoms with E-state index in [9.17, 15) is 13.2 Å². The van der Waals surface area contributed by atoms with Crippen LogP contribution in [0.4, 0.5) is 19.1 Å². The van der Waals surface area contributed by atoms with Crippen LogP contribution in [0.3, 0.4) is 0 Å². The SMILES string of the molecule is O=C(O)C(F)(F)F.c1cnc(N2CCO[C@H]3[C@H](OCC4CCOCC4)CC[C@@H]32)nc1. The number of carboxylic acids is 1. The van der Waals surface area contributed by atoms with Crippen molar-refractivity contribution >= 4 is 11.9 Å². The number of hydrogen-bond acceptors (Lipinski definition) is 7. The Kier molecular flexibility index (Phi) is 7.84. The Morgan fingerprint density at radius 1 is 1.17 bits per heavy atom. The maximum Gasteiger partial charge on any atom is 0.490 e. The number of carboxylic acid groups (broad SMARTS) is 1. The number of aromatic nitrogens is 2. The van der Waals surface area contributed by atoms with Gasteiger partial charge in [-0.3, -0.25) is 0 Å². The highest BCUT2D eigenvalue weighted by Crippen LogP contribution is 2.34. The second kappa shape index (κ2) is 10.4. The van der Waals surface area contributed by atoms with Crippen LogP contribution in [0, 0.1) is 5.92 Å². The first-order valence-electron chi connectivity index (χ1n) is 10.0. The molecule has 30 heavy (non-hydrogen) atoms. The Morgan fingerprint density at radius 2 is 1.83 bits per heavy atom. The molecule has 0 aromatic carbocycles. The van der Waals surface area contributed by atoms with Gasteiger partial charge in [0, 0.05) is 32.2 Å². The standard InChI is InChI=1S/C17H25N3O3.C2HF3O2/c1-6-18-17(19-7-1)20-8-11-22-16-14(20)2-3-15(16)23-12-13-4-9-21-10-5-13;3-2(4,5)1(6)7/h1,6-7,13-16H,2-5,8-12H2;(H,6,7)/t14-,15+,16+;/m0./s1. The van der Waals surface area contributed by atoms with E-state index < -0.39 is 12.1 Å². The van der Waals surface area contributed by atoms with Gasteiger partial charge < -0.3 is 24.2 Å². The zero-order valence-electron chi connectivity index (χ0n) is 16.5. The second-order valence-electron chi connectivity index (χ2n) is 7.45. The van der Waals surface area contributed by atoms with E-state index in [0.29, 0.717) is 12.0 Å². The van der Waals surface area contributed by atoms with Gasteiger partial charge in [-0.05, 0) is 37.7 Å². The predicted molar refractivity (Wildman–Crippen MR) is 99.1 cm³/mol. The minimum absolute atomic E-state index is 0.146. The summed E-state index contributed by atoms with van der Waals surface area (Å²) in [5.41, 5.74) is 0. The first kappa shape index (κ1) is 22.7. The Balaban J connectivity index is 0.000000318. The third-order valence-electron chi connectivity index (χ3n) is 5.47. The fraction of sp³-hybridized carbons (Fsp3) is 0.737. The van der Waals surface area contributed by atoms with Gasteiger partial charge in [0.1, 0.15) is 6.10 Å². The molecule has 0 spiro atoms. The number of carbonyl (C=O) groups is 1. The number of anilines is 1. The quantitative estimate of drug-likeness (QED) is 0.773. The van der Waals surface area contributed by atoms with Crippen molar-refractivity contribution in [2.45, 2.75) is 50.1 Å². The lowest BCUT2D eigenvalue weighted by atomic mass is 10.0. The number of nitrogens with zero attached hydrogens (tertiary/aromatic N) is 3. The van der Waals surface area contributed by atoms with Crippen LogP contribution in [0.1, 0.15) is 25.7 Å². The molecular weight excluding hydrogens is 407 g/mol. The van der Waals surface area contributed by atoms with Crippen LogP contribution in [0.25, 0.3) is 0 Å². The number of morpholine rings is 1. The van der Waals surface area contributed by atoms with Crippen molar-refractivity contribution in [3.63, 3.8) is 0 Å². The molecule has 1 aromatic heterocycles. The maximum absolute atomic E-state index is 10.6. The topological polar surface area (TPSA) is 94.0 Å². The van der Waals surface area contributed by atoms with Crippen LogP contribution in [0.15, 0.2) is 18.5 Å². The molecule has 8 nitrogen and oxygen atoms in total. The molecule has 0 amide bonds. The first-order valence-corrected chi connectivity index (χ1v) is 10.0. The minimum Gasteiger partial charge on any atom is -0.475 e. The number of fused-ring (bicyclic) bond motifs is 1. The molecule has 1 aliphatic carbocycles. The molecule has 2 aliphatic heterocycles. The number of ether oxygens (including phenoxy) is 3. The van der Waals surface area contributed by atoms with Crippen LogP contribution in [-0.4, -0.2) is 78.4 Å². The summed E-state index contributed by atoms with van der Waals surface area (Å²) >= 11 is 0. The van der Waals surface area contributed by atoms with E-state index in [1.54, 1.807) is 12.4 Å². The van der Waals surface area contributed by atoms with Gasteiger partial charge in [-0.25, -0.2) is 14.8 Å². The van der Waals surface area contributed by atoms with Gasteiger partial charge in [0.15, 0.2) is 0 Å². The zero-order chi connectivity index (χ0) is 21.6. The lowest BCUT2D eigenvalue weighted by Gasteiger charge is -2.39. The lowest BCUT2D eigenvalue weighted by Crippen LogP contribution is -2.52. The average Bonchev–Trinajstić information content (AvgIpc) is 3.16. The fourth-order valence-corrected chi connectivity index (χ4v) is 3.95. The van der Waals surface area contributed by atoms with Gasteiger partial charge in [-0.15, -0.1) is 0 Å². The Labute approximate surface area is 172 Å². The predicted octanol–water partition coefficient (Wildman–Crippen LogP) is 2.29. The molecule has 168 valence electrons. The molecule has 3 heterocycles. The number of aliphatic carboxylic acids is 1. The first-order chi connectivity index (χ1) is 14.4. The van der Waals surface area contributed by atoms with Gasteiger partial charge >= 0.3 is 12.1 Å². The third-order valence-corrected chi connectivity index (χ3v) is 5.47. The van der Waals surface area contributed by atoms with Crippen LogP contribution in [0.5, 0.6) is 0 Å². The van der Waals surface area contributed by atoms with E-state index in [1.165, 1.54) is 0 Å². The molecule has 3 fully saturated rings. The summed E-state index contributed by atoms with van der Waals surface area (Å²) in [4.78, 5) is 20.0. The lowest BCUT2D eigenvalue weighted by molar-refractivity contribution is -0.192. The summed E-state index contributed by atoms with van der Waals surface area (Å²) in [5, 5.41) is 7.12. The summed E-state index contributed by atoms with van der Waals surface area (Å²) in [6.45, 7) is 4.16. The molecule has 0 unspecified atom stereocenters. The fourth-order valence-electron chi connectivity index (χ4n) is 3.95. The zero-order valence-corrected chi connectivity index (χ0v) is 16.5. The van der Waals surface area contributed by atoms with Gasteiger partial charge in [0.2, 0.25) is 5.95 Å². The Bertz CT molecular complexity index is 673. The number of hydrogen-bond donors (Lipinski definition) is 1. The molecule has 1 saturated carbocycles. The van der Waals surface area contributed by atoms with E-state index in [1.807, 2.05) is 6.07 Å². The molecule has 3 atom stereocenters. The van der Waals surface area contributed by atoms with E-state index in [2.05, 4.69) is 14.9 Å². The third kappa shape index (κ3) is 6.02. The summed E-state index contributed by atoms with van der Waals surface area (Å²) in [7, 11) is 0. The van der Waals surface area contributed by atoms with E-state index in [4.69, 9.17) is 24.1 Å². The normalized spacial score (nSPS) is 27.2. The molecule has 0 bridgehead atoms. The molecule has 11 heteroatoms. The molecule has 3 aliphatic rings. The van der Waals surface area contributed by atoms with Crippen molar-refractivity contribution in [1.82, 2.24) is 9.97 Å². The van der Waals surface area contributed by atoms with Crippen LogP contribution >= 0.6 is 0 Å². The average molecular weight is 433 g/mol. The van der Waals surface area contributed by atoms with E-state index in [-0.39, 0.29) is 12.2 Å². The van der Waals surface area contributed by atoms with Gasteiger partial charge in [-0.1, -0.05) is 0 Å². The molecule has 1 N–H and O–H groups in total. The van der Waals surface area contributed by atoms with Crippen molar-refractivity contribution < 1.29 is 37.3 Å². The van der Waals surface area contributed by atoms with Crippen molar-refractivity contribution in [3.8, 4) is 0 Å². The van der Waals surface area contributed by atoms with E-state index >= 15 is 0 Å². The molecule has 2 saturated heterocycles. The molecule has 0 radical (unpaired) electrons. The smallest absolute Gasteiger partial charge is 0.475 e. The van der Waals surface area contributed by atoms with Crippen molar-refractivity contribution in [2.75, 3.05) is 37.9 Å². The van der Waals surface area contributed by atoms with Crippen molar-refractivity contribution in [2.24, 2.45) is 5.92 Å². The summed E-state index contributed by atoms with van der Waals surface area (Å²) in [5.74, 6) is -1.30. The second-order valence-corrected chi connectivity index (χ2v) is 7.45. The van der Waals surface area contributed by atoms with Gasteiger partial charge in [-0.2, -0.15) is 13.2 Å². The van der Waals surface area contributed by atoms with Gasteiger partial charge in [0.05, 0.1) is 25.4 Å². The molecule has 1 aromatic rings. The Morgan fingerprint density at radius 3 is 2.47 bits per heavy atom. The maximum atomic E-state index is 10.6. The summed E-state index contributed by atoms with van der Waals surface area (Å²) in [6.07, 6.45) is 3.25. The Hall–Kier alpha value is -1.98. The highest BCUT2D eigenvalue weighted by Gasteiger charge is 2.44. The van der Waals surface area contributed by atoms with E-state index in [0.717, 1.165) is 64.6 Å². The van der Waals surface area contributed by atoms with Crippen LogP contribution in [-0.2, 0) is 19.0 Å².